The average molecular weight is 418 g/mol. The number of carbonyl (C=O) groups excluding carboxylic acids is 2. The predicted octanol–water partition coefficient (Wildman–Crippen LogP) is 3.35. The second kappa shape index (κ2) is 9.71. The molecule has 0 saturated carbocycles. The van der Waals surface area contributed by atoms with E-state index in [2.05, 4.69) is 17.8 Å². The van der Waals surface area contributed by atoms with Gasteiger partial charge in [-0.15, -0.1) is 0 Å². The summed E-state index contributed by atoms with van der Waals surface area (Å²) in [5.41, 5.74) is 3.70. The summed E-state index contributed by atoms with van der Waals surface area (Å²) in [4.78, 5) is 32.7. The summed E-state index contributed by atoms with van der Waals surface area (Å²) >= 11 is 0. The second-order valence-electron chi connectivity index (χ2n) is 7.79. The van der Waals surface area contributed by atoms with E-state index in [4.69, 9.17) is 4.74 Å². The quantitative estimate of drug-likeness (QED) is 0.677. The molecule has 6 heteroatoms. The van der Waals surface area contributed by atoms with Gasteiger partial charge in [-0.3, -0.25) is 14.6 Å². The Morgan fingerprint density at radius 1 is 1.03 bits per heavy atom. The molecule has 160 valence electrons. The first-order valence-electron chi connectivity index (χ1n) is 10.7. The molecule has 0 aliphatic carbocycles. The molecule has 0 aromatic heterocycles. The number of amides is 2. The maximum absolute atomic E-state index is 12.8. The van der Waals surface area contributed by atoms with Gasteiger partial charge in [0, 0.05) is 38.2 Å². The zero-order valence-electron chi connectivity index (χ0n) is 17.6. The molecule has 0 bridgehead atoms. The number of allylic oxidation sites excluding steroid dienone is 1. The zero-order valence-corrected chi connectivity index (χ0v) is 17.6. The number of rotatable bonds is 6. The Morgan fingerprint density at radius 3 is 2.35 bits per heavy atom. The van der Waals surface area contributed by atoms with Crippen molar-refractivity contribution in [1.29, 1.82) is 0 Å². The van der Waals surface area contributed by atoms with Crippen molar-refractivity contribution < 1.29 is 14.3 Å². The van der Waals surface area contributed by atoms with Crippen LogP contribution in [0.4, 0.5) is 5.69 Å². The number of ether oxygens (including phenoxy) is 1. The molecule has 2 aromatic rings. The van der Waals surface area contributed by atoms with Crippen LogP contribution in [0.3, 0.4) is 0 Å². The smallest absolute Gasteiger partial charge is 0.253 e. The molecule has 0 spiro atoms. The lowest BCUT2D eigenvalue weighted by atomic mass is 10.1. The third-order valence-corrected chi connectivity index (χ3v) is 5.81. The third kappa shape index (κ3) is 4.91. The monoisotopic (exact) mass is 417 g/mol. The Kier molecular flexibility index (Phi) is 6.57. The number of para-hydroxylation sites is 1. The molecule has 31 heavy (non-hydrogen) atoms. The van der Waals surface area contributed by atoms with Gasteiger partial charge in [-0.2, -0.15) is 0 Å². The molecule has 6 nitrogen and oxygen atoms in total. The molecular formula is C25H27N3O3. The molecule has 2 aliphatic heterocycles. The van der Waals surface area contributed by atoms with Crippen molar-refractivity contribution in [2.24, 2.45) is 4.99 Å². The highest BCUT2D eigenvalue weighted by molar-refractivity contribution is 5.94. The van der Waals surface area contributed by atoms with Crippen LogP contribution in [0, 0.1) is 0 Å². The van der Waals surface area contributed by atoms with Crippen LogP contribution in [0.5, 0.6) is 0 Å². The van der Waals surface area contributed by atoms with Crippen LogP contribution >= 0.6 is 0 Å². The van der Waals surface area contributed by atoms with Crippen LogP contribution < -0.4 is 0 Å². The van der Waals surface area contributed by atoms with Crippen molar-refractivity contribution in [3.63, 3.8) is 0 Å². The number of piperazine rings is 1. The number of nitrogens with zero attached hydrogens (tertiary/aromatic N) is 3. The number of carbonyl (C=O) groups is 2. The Hall–Kier alpha value is -3.25. The molecule has 2 heterocycles. The Balaban J connectivity index is 1.30. The van der Waals surface area contributed by atoms with Gasteiger partial charge in [0.05, 0.1) is 12.3 Å². The fourth-order valence-electron chi connectivity index (χ4n) is 3.82. The second-order valence-corrected chi connectivity index (χ2v) is 7.79. The van der Waals surface area contributed by atoms with E-state index >= 15 is 0 Å². The number of aliphatic imine (C=N–C) groups is 1. The topological polar surface area (TPSA) is 62.2 Å². The summed E-state index contributed by atoms with van der Waals surface area (Å²) in [6, 6.07) is 15.6. The van der Waals surface area contributed by atoms with Gasteiger partial charge in [0.25, 0.3) is 11.8 Å². The molecule has 2 aromatic carbocycles. The lowest BCUT2D eigenvalue weighted by molar-refractivity contribution is -0.157. The van der Waals surface area contributed by atoms with Crippen LogP contribution in [0.25, 0.3) is 6.08 Å². The summed E-state index contributed by atoms with van der Waals surface area (Å²) in [6.07, 6.45) is 5.42. The summed E-state index contributed by atoms with van der Waals surface area (Å²) in [5.74, 6) is 0.0716. The molecule has 4 rings (SSSR count). The highest BCUT2D eigenvalue weighted by Crippen LogP contribution is 2.20. The SMILES string of the molecule is C=Nc1ccccc1/C=C\Cc1ccc(C(=O)N2CCN(C(=O)C3CCO3)CC2)cc1. The van der Waals surface area contributed by atoms with Crippen molar-refractivity contribution >= 4 is 30.3 Å². The third-order valence-electron chi connectivity index (χ3n) is 5.81. The molecular weight excluding hydrogens is 390 g/mol. The van der Waals surface area contributed by atoms with Gasteiger partial charge in [-0.1, -0.05) is 42.5 Å². The van der Waals surface area contributed by atoms with Gasteiger partial charge in [0.1, 0.15) is 6.10 Å². The first kappa shape index (κ1) is 21.0. The van der Waals surface area contributed by atoms with Crippen LogP contribution in [0.1, 0.15) is 27.9 Å². The molecule has 0 radical (unpaired) electrons. The molecule has 2 aliphatic rings. The molecule has 2 amide bonds. The van der Waals surface area contributed by atoms with Crippen molar-refractivity contribution in [1.82, 2.24) is 9.80 Å². The molecule has 1 atom stereocenters. The van der Waals surface area contributed by atoms with E-state index in [1.165, 1.54) is 0 Å². The normalized spacial score (nSPS) is 18.6. The van der Waals surface area contributed by atoms with Crippen LogP contribution in [-0.4, -0.2) is 67.2 Å². The minimum atomic E-state index is -0.273. The summed E-state index contributed by atoms with van der Waals surface area (Å²) in [6.45, 7) is 6.51. The Morgan fingerprint density at radius 2 is 1.71 bits per heavy atom. The minimum absolute atomic E-state index is 0.0140. The van der Waals surface area contributed by atoms with E-state index < -0.39 is 0 Å². The maximum atomic E-state index is 12.8. The van der Waals surface area contributed by atoms with Gasteiger partial charge in [0.15, 0.2) is 0 Å². The van der Waals surface area contributed by atoms with E-state index in [1.54, 1.807) is 0 Å². The first-order chi connectivity index (χ1) is 15.2. The van der Waals surface area contributed by atoms with Crippen molar-refractivity contribution in [3.05, 3.63) is 71.3 Å². The van der Waals surface area contributed by atoms with Crippen molar-refractivity contribution in [3.8, 4) is 0 Å². The van der Waals surface area contributed by atoms with Gasteiger partial charge in [0.2, 0.25) is 0 Å². The van der Waals surface area contributed by atoms with Gasteiger partial charge >= 0.3 is 0 Å². The van der Waals surface area contributed by atoms with E-state index in [0.29, 0.717) is 38.3 Å². The number of hydrogen-bond donors (Lipinski definition) is 0. The molecule has 1 unspecified atom stereocenters. The Bertz CT molecular complexity index is 972. The maximum Gasteiger partial charge on any atom is 0.253 e. The standard InChI is InChI=1S/C25H27N3O3/c1-26-22-8-3-2-6-20(22)7-4-5-19-9-11-21(12-10-19)24(29)27-14-16-28(17-15-27)25(30)23-13-18-31-23/h2-4,6-12,23H,1,5,13-18H2/b7-4-. The molecule has 2 fully saturated rings. The van der Waals surface area contributed by atoms with E-state index in [9.17, 15) is 9.59 Å². The zero-order chi connectivity index (χ0) is 21.6. The lowest BCUT2D eigenvalue weighted by Crippen LogP contribution is -2.54. The first-order valence-corrected chi connectivity index (χ1v) is 10.7. The van der Waals surface area contributed by atoms with Crippen molar-refractivity contribution in [2.45, 2.75) is 18.9 Å². The summed E-state index contributed by atoms with van der Waals surface area (Å²) in [5, 5.41) is 0. The predicted molar refractivity (Wildman–Crippen MR) is 122 cm³/mol. The highest BCUT2D eigenvalue weighted by Gasteiger charge is 2.33. The van der Waals surface area contributed by atoms with Gasteiger partial charge in [-0.25, -0.2) is 0 Å². The molecule has 0 N–H and O–H groups in total. The summed E-state index contributed by atoms with van der Waals surface area (Å²) < 4.78 is 5.28. The largest absolute Gasteiger partial charge is 0.368 e. The van der Waals surface area contributed by atoms with Crippen LogP contribution in [-0.2, 0) is 16.0 Å². The van der Waals surface area contributed by atoms with Crippen molar-refractivity contribution in [2.75, 3.05) is 32.8 Å². The molecule has 2 saturated heterocycles. The van der Waals surface area contributed by atoms with E-state index in [1.807, 2.05) is 64.4 Å². The van der Waals surface area contributed by atoms with E-state index in [-0.39, 0.29) is 17.9 Å². The fraction of sp³-hybridized carbons (Fsp3) is 0.320. The van der Waals surface area contributed by atoms with E-state index in [0.717, 1.165) is 29.7 Å². The lowest BCUT2D eigenvalue weighted by Gasteiger charge is -2.38. The number of benzene rings is 2. The van der Waals surface area contributed by atoms with Crippen LogP contribution in [0.15, 0.2) is 59.6 Å². The number of hydrogen-bond acceptors (Lipinski definition) is 4. The highest BCUT2D eigenvalue weighted by atomic mass is 16.5. The van der Waals surface area contributed by atoms with Gasteiger partial charge in [-0.05, 0) is 42.5 Å². The minimum Gasteiger partial charge on any atom is -0.368 e. The van der Waals surface area contributed by atoms with Gasteiger partial charge < -0.3 is 14.5 Å². The van der Waals surface area contributed by atoms with Crippen LogP contribution in [0.2, 0.25) is 0 Å². The Labute approximate surface area is 182 Å². The average Bonchev–Trinajstić information content (AvgIpc) is 2.78. The summed E-state index contributed by atoms with van der Waals surface area (Å²) in [7, 11) is 0. The fourth-order valence-corrected chi connectivity index (χ4v) is 3.82.